The Bertz CT molecular complexity index is 1250. The fourth-order valence-corrected chi connectivity index (χ4v) is 5.60. The lowest BCUT2D eigenvalue weighted by Gasteiger charge is -2.42. The first kappa shape index (κ1) is 21.6. The van der Waals surface area contributed by atoms with Gasteiger partial charge >= 0.3 is 5.97 Å². The van der Waals surface area contributed by atoms with Crippen LogP contribution in [0.25, 0.3) is 11.8 Å². The van der Waals surface area contributed by atoms with Crippen molar-refractivity contribution in [3.8, 4) is 5.69 Å². The van der Waals surface area contributed by atoms with Crippen LogP contribution in [0.1, 0.15) is 48.6 Å². The van der Waals surface area contributed by atoms with Crippen LogP contribution in [0.5, 0.6) is 0 Å². The number of carboxylic acid groups (broad SMARTS) is 1. The number of benzene rings is 2. The van der Waals surface area contributed by atoms with Gasteiger partial charge in [0.1, 0.15) is 5.82 Å². The summed E-state index contributed by atoms with van der Waals surface area (Å²) in [6.07, 6.45) is 7.33. The van der Waals surface area contributed by atoms with Gasteiger partial charge in [0.2, 0.25) is 0 Å². The van der Waals surface area contributed by atoms with Crippen molar-refractivity contribution in [2.45, 2.75) is 51.0 Å². The number of rotatable bonds is 6. The summed E-state index contributed by atoms with van der Waals surface area (Å²) >= 11 is 0. The van der Waals surface area contributed by atoms with E-state index in [1.807, 2.05) is 35.1 Å². The van der Waals surface area contributed by atoms with E-state index in [-0.39, 0.29) is 12.2 Å². The number of aromatic nitrogens is 2. The summed E-state index contributed by atoms with van der Waals surface area (Å²) in [6.45, 7) is 2.13. The molecule has 0 bridgehead atoms. The average molecular weight is 447 g/mol. The van der Waals surface area contributed by atoms with Crippen LogP contribution in [0.2, 0.25) is 0 Å². The molecule has 33 heavy (non-hydrogen) atoms. The van der Waals surface area contributed by atoms with Crippen LogP contribution < -0.4 is 0 Å². The molecular formula is C27H27FN2O3. The van der Waals surface area contributed by atoms with Crippen LogP contribution in [0.3, 0.4) is 0 Å². The Labute approximate surface area is 192 Å². The van der Waals surface area contributed by atoms with Crippen LogP contribution in [0, 0.1) is 11.2 Å². The number of nitrogens with zero attached hydrogens (tertiary/aromatic N) is 2. The van der Waals surface area contributed by atoms with Gasteiger partial charge in [-0.2, -0.15) is 5.10 Å². The third kappa shape index (κ3) is 3.68. The molecule has 0 spiro atoms. The highest BCUT2D eigenvalue weighted by Crippen LogP contribution is 2.56. The normalized spacial score (nSPS) is 23.7. The molecule has 0 radical (unpaired) electrons. The molecule has 5 nitrogen and oxygen atoms in total. The van der Waals surface area contributed by atoms with Crippen molar-refractivity contribution in [3.05, 3.63) is 88.5 Å². The maximum absolute atomic E-state index is 13.4. The first-order valence-electron chi connectivity index (χ1n) is 11.3. The topological polar surface area (TPSA) is 75.3 Å². The van der Waals surface area contributed by atoms with Crippen molar-refractivity contribution >= 4 is 12.0 Å². The van der Waals surface area contributed by atoms with Gasteiger partial charge in [0, 0.05) is 5.41 Å². The standard InChI is InChI=1S/C27H27FN2O3/c1-26-16-20-17-29-30(23-8-6-22(28)7-9-23)24(20)15-21(26)11-13-27(26,33)12-10-18-4-2-3-5-19(18)14-25(31)32/h2-9,15,17,33H,10-14,16H2,1H3,(H,31,32). The molecule has 3 aromatic rings. The highest BCUT2D eigenvalue weighted by Gasteiger charge is 2.54. The second-order valence-corrected chi connectivity index (χ2v) is 9.49. The predicted molar refractivity (Wildman–Crippen MR) is 124 cm³/mol. The van der Waals surface area contributed by atoms with Crippen molar-refractivity contribution in [1.82, 2.24) is 9.78 Å². The molecule has 2 aromatic carbocycles. The lowest BCUT2D eigenvalue weighted by molar-refractivity contribution is -0.136. The van der Waals surface area contributed by atoms with Crippen molar-refractivity contribution in [2.75, 3.05) is 0 Å². The van der Waals surface area contributed by atoms with Gasteiger partial charge in [-0.05, 0) is 79.1 Å². The van der Waals surface area contributed by atoms with E-state index in [2.05, 4.69) is 18.1 Å². The molecule has 2 N–H and O–H groups in total. The van der Waals surface area contributed by atoms with Gasteiger partial charge in [-0.15, -0.1) is 0 Å². The summed E-state index contributed by atoms with van der Waals surface area (Å²) in [4.78, 5) is 11.2. The zero-order valence-electron chi connectivity index (χ0n) is 18.6. The molecule has 5 rings (SSSR count). The molecule has 1 heterocycles. The average Bonchev–Trinajstić information content (AvgIpc) is 3.30. The van der Waals surface area contributed by atoms with Gasteiger partial charge in [-0.1, -0.05) is 36.8 Å². The highest BCUT2D eigenvalue weighted by molar-refractivity contribution is 5.70. The first-order valence-corrected chi connectivity index (χ1v) is 11.3. The molecule has 0 saturated heterocycles. The third-order valence-electron chi connectivity index (χ3n) is 7.62. The van der Waals surface area contributed by atoms with E-state index < -0.39 is 17.0 Å². The van der Waals surface area contributed by atoms with Crippen LogP contribution in [-0.4, -0.2) is 31.6 Å². The maximum Gasteiger partial charge on any atom is 0.307 e. The SMILES string of the molecule is CC12Cc3cnn(-c4ccc(F)cc4)c3C=C1CCC2(O)CCc1ccccc1CC(=O)O. The highest BCUT2D eigenvalue weighted by atomic mass is 19.1. The number of carboxylic acids is 1. The largest absolute Gasteiger partial charge is 0.481 e. The van der Waals surface area contributed by atoms with E-state index in [1.165, 1.54) is 17.7 Å². The fourth-order valence-electron chi connectivity index (χ4n) is 5.60. The van der Waals surface area contributed by atoms with E-state index >= 15 is 0 Å². The summed E-state index contributed by atoms with van der Waals surface area (Å²) in [7, 11) is 0. The minimum absolute atomic E-state index is 0.0110. The quantitative estimate of drug-likeness (QED) is 0.573. The van der Waals surface area contributed by atoms with Crippen molar-refractivity contribution in [2.24, 2.45) is 5.41 Å². The lowest BCUT2D eigenvalue weighted by Crippen LogP contribution is -2.45. The van der Waals surface area contributed by atoms with Gasteiger partial charge < -0.3 is 10.2 Å². The van der Waals surface area contributed by atoms with Crippen LogP contribution in [0.4, 0.5) is 4.39 Å². The monoisotopic (exact) mass is 446 g/mol. The Balaban J connectivity index is 1.41. The van der Waals surface area contributed by atoms with E-state index in [4.69, 9.17) is 0 Å². The van der Waals surface area contributed by atoms with E-state index in [1.54, 1.807) is 12.1 Å². The van der Waals surface area contributed by atoms with Crippen LogP contribution >= 0.6 is 0 Å². The smallest absolute Gasteiger partial charge is 0.307 e. The molecule has 2 aliphatic carbocycles. The molecule has 2 atom stereocenters. The van der Waals surface area contributed by atoms with Crippen molar-refractivity contribution in [1.29, 1.82) is 0 Å². The van der Waals surface area contributed by atoms with Gasteiger partial charge in [-0.3, -0.25) is 4.79 Å². The summed E-state index contributed by atoms with van der Waals surface area (Å²) in [5.74, 6) is -1.13. The number of carbonyl (C=O) groups is 1. The van der Waals surface area contributed by atoms with Crippen molar-refractivity contribution < 1.29 is 19.4 Å². The van der Waals surface area contributed by atoms with Gasteiger partial charge in [0.05, 0.1) is 29.6 Å². The van der Waals surface area contributed by atoms with E-state index in [0.717, 1.165) is 34.5 Å². The summed E-state index contributed by atoms with van der Waals surface area (Å²) in [6, 6.07) is 13.9. The minimum Gasteiger partial charge on any atom is -0.481 e. The molecule has 1 aromatic heterocycles. The second-order valence-electron chi connectivity index (χ2n) is 9.49. The molecule has 2 unspecified atom stereocenters. The lowest BCUT2D eigenvalue weighted by atomic mass is 9.65. The second kappa shape index (κ2) is 7.96. The van der Waals surface area contributed by atoms with Crippen LogP contribution in [0.15, 0.2) is 60.3 Å². The molecule has 170 valence electrons. The Morgan fingerprint density at radius 3 is 2.61 bits per heavy atom. The molecule has 1 saturated carbocycles. The molecule has 6 heteroatoms. The maximum atomic E-state index is 13.4. The molecular weight excluding hydrogens is 419 g/mol. The molecule has 1 fully saturated rings. The minimum atomic E-state index is -0.884. The number of aryl methyl sites for hydroxylation is 1. The molecule has 0 amide bonds. The Hall–Kier alpha value is -3.25. The third-order valence-corrected chi connectivity index (χ3v) is 7.62. The fraction of sp³-hybridized carbons (Fsp3) is 0.333. The van der Waals surface area contributed by atoms with Crippen LogP contribution in [-0.2, 0) is 24.1 Å². The number of hydrogen-bond acceptors (Lipinski definition) is 3. The van der Waals surface area contributed by atoms with Crippen molar-refractivity contribution in [3.63, 3.8) is 0 Å². The van der Waals surface area contributed by atoms with Gasteiger partial charge in [0.15, 0.2) is 0 Å². The number of aliphatic hydroxyl groups is 1. The summed E-state index contributed by atoms with van der Waals surface area (Å²) in [5, 5.41) is 25.6. The Morgan fingerprint density at radius 1 is 1.15 bits per heavy atom. The Kier molecular flexibility index (Phi) is 5.20. The predicted octanol–water partition coefficient (Wildman–Crippen LogP) is 4.74. The number of halogens is 1. The number of fused-ring (bicyclic) bond motifs is 2. The van der Waals surface area contributed by atoms with Gasteiger partial charge in [-0.25, -0.2) is 9.07 Å². The van der Waals surface area contributed by atoms with Gasteiger partial charge in [0.25, 0.3) is 0 Å². The zero-order valence-corrected chi connectivity index (χ0v) is 18.6. The van der Waals surface area contributed by atoms with E-state index in [9.17, 15) is 19.4 Å². The number of aliphatic carboxylic acids is 1. The van der Waals surface area contributed by atoms with E-state index in [0.29, 0.717) is 25.7 Å². The zero-order chi connectivity index (χ0) is 23.2. The Morgan fingerprint density at radius 2 is 1.88 bits per heavy atom. The first-order chi connectivity index (χ1) is 15.8. The number of hydrogen-bond donors (Lipinski definition) is 2. The molecule has 2 aliphatic rings. The summed E-state index contributed by atoms with van der Waals surface area (Å²) in [5.41, 5.74) is 4.57. The summed E-state index contributed by atoms with van der Waals surface area (Å²) < 4.78 is 15.2. The molecule has 0 aliphatic heterocycles.